The number of nitrogens with one attached hydrogen (secondary N) is 1. The Morgan fingerprint density at radius 2 is 1.95 bits per heavy atom. The number of benzene rings is 1. The van der Waals surface area contributed by atoms with Gasteiger partial charge in [-0.15, -0.1) is 11.6 Å². The number of amides is 1. The maximum Gasteiger partial charge on any atom is 0.251 e. The Kier molecular flexibility index (Phi) is 4.66. The van der Waals surface area contributed by atoms with Crippen LogP contribution >= 0.6 is 11.6 Å². The van der Waals surface area contributed by atoms with Crippen molar-refractivity contribution in [2.75, 3.05) is 6.54 Å². The monoisotopic (exact) mass is 318 g/mol. The van der Waals surface area contributed by atoms with Crippen molar-refractivity contribution in [3.63, 3.8) is 0 Å². The number of rotatable bonds is 3. The molecule has 1 aromatic rings. The first-order valence-electron chi connectivity index (χ1n) is 7.42. The van der Waals surface area contributed by atoms with Crippen LogP contribution in [0.5, 0.6) is 0 Å². The van der Waals surface area contributed by atoms with Crippen molar-refractivity contribution < 1.29 is 4.79 Å². The van der Waals surface area contributed by atoms with Crippen molar-refractivity contribution in [1.82, 2.24) is 5.32 Å². The zero-order valence-corrected chi connectivity index (χ0v) is 14.1. The van der Waals surface area contributed by atoms with Gasteiger partial charge in [-0.3, -0.25) is 4.79 Å². The summed E-state index contributed by atoms with van der Waals surface area (Å²) in [5, 5.41) is 2.89. The van der Waals surface area contributed by atoms with E-state index in [-0.39, 0.29) is 11.3 Å². The number of carbonyl (C=O) groups excluding carboxylic acids is 1. The van der Waals surface area contributed by atoms with E-state index in [1.165, 1.54) is 5.56 Å². The van der Waals surface area contributed by atoms with Gasteiger partial charge in [0, 0.05) is 17.8 Å². The summed E-state index contributed by atoms with van der Waals surface area (Å²) in [6.07, 6.45) is 6.10. The molecule has 2 rings (SSSR count). The molecule has 0 fully saturated rings. The van der Waals surface area contributed by atoms with E-state index in [2.05, 4.69) is 26.1 Å². The largest absolute Gasteiger partial charge is 0.399 e. The van der Waals surface area contributed by atoms with Gasteiger partial charge in [0.15, 0.2) is 0 Å². The summed E-state index contributed by atoms with van der Waals surface area (Å²) in [6, 6.07) is 7.70. The topological polar surface area (TPSA) is 55.1 Å². The fraction of sp³-hybridized carbons (Fsp3) is 0.389. The zero-order valence-electron chi connectivity index (χ0n) is 13.3. The third-order valence-corrected chi connectivity index (χ3v) is 4.22. The molecule has 118 valence electrons. The standard InChI is InChI=1S/C18H23ClN2O/c1-17(2,3)14-6-4-13(5-7-14)16(22)21-12-18(19)10-8-15(20)9-11-18/h4-10H,11-12,20H2,1-3H3,(H,21,22). The predicted molar refractivity (Wildman–Crippen MR) is 92.1 cm³/mol. The van der Waals surface area contributed by atoms with Crippen LogP contribution in [0.3, 0.4) is 0 Å². The molecule has 1 aromatic carbocycles. The highest BCUT2D eigenvalue weighted by Gasteiger charge is 2.26. The van der Waals surface area contributed by atoms with E-state index < -0.39 is 4.87 Å². The van der Waals surface area contributed by atoms with E-state index >= 15 is 0 Å². The lowest BCUT2D eigenvalue weighted by Crippen LogP contribution is -2.38. The van der Waals surface area contributed by atoms with Crippen LogP contribution in [-0.4, -0.2) is 17.3 Å². The number of halogens is 1. The van der Waals surface area contributed by atoms with Crippen LogP contribution in [0.4, 0.5) is 0 Å². The SMILES string of the molecule is CC(C)(C)c1ccc(C(=O)NCC2(Cl)C=CC(N)=CC2)cc1. The Labute approximate surface area is 137 Å². The summed E-state index contributed by atoms with van der Waals surface area (Å²) < 4.78 is 0. The number of hydrogen-bond donors (Lipinski definition) is 2. The summed E-state index contributed by atoms with van der Waals surface area (Å²) in [6.45, 7) is 6.81. The van der Waals surface area contributed by atoms with Crippen molar-refractivity contribution >= 4 is 17.5 Å². The van der Waals surface area contributed by atoms with Gasteiger partial charge in [-0.2, -0.15) is 0 Å². The molecule has 3 N–H and O–H groups in total. The van der Waals surface area contributed by atoms with Crippen LogP contribution in [0.1, 0.15) is 43.1 Å². The lowest BCUT2D eigenvalue weighted by Gasteiger charge is -2.25. The van der Waals surface area contributed by atoms with Crippen molar-refractivity contribution in [2.45, 2.75) is 37.5 Å². The Hall–Kier alpha value is -1.74. The highest BCUT2D eigenvalue weighted by molar-refractivity contribution is 6.25. The molecule has 1 aliphatic rings. The van der Waals surface area contributed by atoms with E-state index in [1.807, 2.05) is 36.4 Å². The average Bonchev–Trinajstić information content (AvgIpc) is 2.48. The first kappa shape index (κ1) is 16.6. The van der Waals surface area contributed by atoms with E-state index in [4.69, 9.17) is 17.3 Å². The lowest BCUT2D eigenvalue weighted by atomic mass is 9.86. The van der Waals surface area contributed by atoms with Gasteiger partial charge in [0.1, 0.15) is 0 Å². The Morgan fingerprint density at radius 3 is 2.45 bits per heavy atom. The molecule has 1 amide bonds. The summed E-state index contributed by atoms with van der Waals surface area (Å²) in [4.78, 5) is 11.6. The van der Waals surface area contributed by atoms with Crippen LogP contribution in [0.15, 0.2) is 48.2 Å². The number of nitrogens with two attached hydrogens (primary N) is 1. The minimum atomic E-state index is -0.593. The fourth-order valence-electron chi connectivity index (χ4n) is 2.25. The molecular weight excluding hydrogens is 296 g/mol. The van der Waals surface area contributed by atoms with Crippen LogP contribution in [-0.2, 0) is 5.41 Å². The quantitative estimate of drug-likeness (QED) is 0.838. The van der Waals surface area contributed by atoms with Gasteiger partial charge in [-0.05, 0) is 35.6 Å². The normalized spacial score (nSPS) is 21.4. The van der Waals surface area contributed by atoms with Crippen molar-refractivity contribution in [1.29, 1.82) is 0 Å². The molecule has 0 spiro atoms. The molecule has 1 atom stereocenters. The highest BCUT2D eigenvalue weighted by atomic mass is 35.5. The number of carbonyl (C=O) groups is 1. The van der Waals surface area contributed by atoms with Crippen molar-refractivity contribution in [3.8, 4) is 0 Å². The minimum absolute atomic E-state index is 0.0777. The Morgan fingerprint density at radius 1 is 1.32 bits per heavy atom. The van der Waals surface area contributed by atoms with Crippen molar-refractivity contribution in [3.05, 3.63) is 59.3 Å². The zero-order chi connectivity index (χ0) is 16.4. The third-order valence-electron chi connectivity index (χ3n) is 3.81. The number of alkyl halides is 1. The molecule has 0 radical (unpaired) electrons. The molecule has 4 heteroatoms. The molecule has 3 nitrogen and oxygen atoms in total. The van der Waals surface area contributed by atoms with Gasteiger partial charge in [0.2, 0.25) is 0 Å². The third kappa shape index (κ3) is 4.14. The maximum atomic E-state index is 12.2. The second-order valence-corrected chi connectivity index (χ2v) is 7.54. The van der Waals surface area contributed by atoms with Crippen LogP contribution in [0, 0.1) is 0 Å². The van der Waals surface area contributed by atoms with Crippen LogP contribution < -0.4 is 11.1 Å². The van der Waals surface area contributed by atoms with Crippen LogP contribution in [0.25, 0.3) is 0 Å². The van der Waals surface area contributed by atoms with Gasteiger partial charge in [0.05, 0.1) is 4.87 Å². The predicted octanol–water partition coefficient (Wildman–Crippen LogP) is 3.49. The smallest absolute Gasteiger partial charge is 0.251 e. The first-order valence-corrected chi connectivity index (χ1v) is 7.80. The maximum absolute atomic E-state index is 12.2. The van der Waals surface area contributed by atoms with E-state index in [9.17, 15) is 4.79 Å². The molecule has 0 saturated carbocycles. The lowest BCUT2D eigenvalue weighted by molar-refractivity contribution is 0.0951. The number of hydrogen-bond acceptors (Lipinski definition) is 2. The highest BCUT2D eigenvalue weighted by Crippen LogP contribution is 2.26. The summed E-state index contributed by atoms with van der Waals surface area (Å²) in [5.74, 6) is -0.114. The van der Waals surface area contributed by atoms with Crippen molar-refractivity contribution in [2.24, 2.45) is 5.73 Å². The molecular formula is C18H23ClN2O. The minimum Gasteiger partial charge on any atom is -0.399 e. The number of allylic oxidation sites excluding steroid dienone is 2. The Balaban J connectivity index is 1.97. The van der Waals surface area contributed by atoms with Gasteiger partial charge >= 0.3 is 0 Å². The molecule has 1 aliphatic carbocycles. The molecule has 22 heavy (non-hydrogen) atoms. The van der Waals surface area contributed by atoms with Gasteiger partial charge in [0.25, 0.3) is 5.91 Å². The molecule has 0 aromatic heterocycles. The second-order valence-electron chi connectivity index (χ2n) is 6.79. The average molecular weight is 319 g/mol. The van der Waals surface area contributed by atoms with E-state index in [0.29, 0.717) is 24.2 Å². The first-order chi connectivity index (χ1) is 10.2. The summed E-state index contributed by atoms with van der Waals surface area (Å²) in [5.41, 5.74) is 8.31. The molecule has 1 unspecified atom stereocenters. The molecule has 0 bridgehead atoms. The van der Waals surface area contributed by atoms with Crippen LogP contribution in [0.2, 0.25) is 0 Å². The van der Waals surface area contributed by atoms with Gasteiger partial charge in [-0.25, -0.2) is 0 Å². The molecule has 0 heterocycles. The second kappa shape index (κ2) is 6.17. The summed E-state index contributed by atoms with van der Waals surface area (Å²) in [7, 11) is 0. The summed E-state index contributed by atoms with van der Waals surface area (Å²) >= 11 is 6.46. The van der Waals surface area contributed by atoms with Gasteiger partial charge < -0.3 is 11.1 Å². The molecule has 0 aliphatic heterocycles. The fourth-order valence-corrected chi connectivity index (χ4v) is 2.46. The van der Waals surface area contributed by atoms with Gasteiger partial charge in [-0.1, -0.05) is 45.1 Å². The Bertz CT molecular complexity index is 611. The van der Waals surface area contributed by atoms with E-state index in [1.54, 1.807) is 6.08 Å². The van der Waals surface area contributed by atoms with E-state index in [0.717, 1.165) is 0 Å². The molecule has 0 saturated heterocycles.